The van der Waals surface area contributed by atoms with E-state index < -0.39 is 0 Å². The van der Waals surface area contributed by atoms with Gasteiger partial charge in [0.05, 0.1) is 22.9 Å². The molecule has 4 aromatic rings. The maximum Gasteiger partial charge on any atom is 0.265 e. The van der Waals surface area contributed by atoms with Crippen molar-refractivity contribution in [1.29, 1.82) is 0 Å². The van der Waals surface area contributed by atoms with Gasteiger partial charge in [0.2, 0.25) is 0 Å². The second-order valence-corrected chi connectivity index (χ2v) is 6.64. The maximum atomic E-state index is 13.2. The van der Waals surface area contributed by atoms with Crippen molar-refractivity contribution in [2.45, 2.75) is 20.4 Å². The van der Waals surface area contributed by atoms with Crippen LogP contribution in [0.2, 0.25) is 0 Å². The topological polar surface area (TPSA) is 77.1 Å². The van der Waals surface area contributed by atoms with Crippen molar-refractivity contribution in [2.24, 2.45) is 0 Å². The Kier molecular flexibility index (Phi) is 4.12. The van der Waals surface area contributed by atoms with E-state index in [2.05, 4.69) is 4.98 Å². The van der Waals surface area contributed by atoms with E-state index >= 15 is 0 Å². The molecule has 4 rings (SSSR count). The average molecular weight is 361 g/mol. The third-order valence-corrected chi connectivity index (χ3v) is 4.98. The summed E-state index contributed by atoms with van der Waals surface area (Å²) < 4.78 is 3.00. The zero-order valence-electron chi connectivity index (χ0n) is 15.1. The van der Waals surface area contributed by atoms with Gasteiger partial charge in [-0.3, -0.25) is 19.1 Å². The monoisotopic (exact) mass is 361 g/mol. The number of aliphatic hydroxyl groups excluding tert-OH is 1. The molecule has 0 saturated carbocycles. The minimum Gasteiger partial charge on any atom is -0.395 e. The highest BCUT2D eigenvalue weighted by atomic mass is 16.3. The zero-order chi connectivity index (χ0) is 19.1. The maximum absolute atomic E-state index is 13.2. The Balaban J connectivity index is 2.05. The standard InChI is InChI=1S/C21H19N3O3/c1-13-3-4-15(11-14(13)2)24-8-6-18-19(21(24)27)16-5-7-23(9-10-25)20(26)17(16)12-22-18/h3-8,11-12,25H,9-10H2,1-2H3. The highest BCUT2D eigenvalue weighted by Gasteiger charge is 2.12. The SMILES string of the molecule is Cc1ccc(-n2ccc3ncc4c(=O)n(CCO)ccc4c3c2=O)cc1C. The van der Waals surface area contributed by atoms with Crippen molar-refractivity contribution in [3.05, 3.63) is 80.8 Å². The highest BCUT2D eigenvalue weighted by molar-refractivity contribution is 6.04. The Hall–Kier alpha value is -3.25. The highest BCUT2D eigenvalue weighted by Crippen LogP contribution is 2.20. The Labute approximate surface area is 155 Å². The van der Waals surface area contributed by atoms with E-state index in [0.29, 0.717) is 21.7 Å². The fourth-order valence-corrected chi connectivity index (χ4v) is 3.32. The van der Waals surface area contributed by atoms with Gasteiger partial charge in [0.25, 0.3) is 11.1 Å². The summed E-state index contributed by atoms with van der Waals surface area (Å²) in [5.74, 6) is 0. The van der Waals surface area contributed by atoms with Crippen LogP contribution in [0.15, 0.2) is 58.5 Å². The molecule has 3 heterocycles. The molecule has 0 atom stereocenters. The molecule has 3 aromatic heterocycles. The van der Waals surface area contributed by atoms with Gasteiger partial charge in [-0.15, -0.1) is 0 Å². The molecule has 1 aromatic carbocycles. The van der Waals surface area contributed by atoms with Crippen molar-refractivity contribution in [1.82, 2.24) is 14.1 Å². The van der Waals surface area contributed by atoms with Crippen LogP contribution in [0.25, 0.3) is 27.4 Å². The number of rotatable bonds is 3. The summed E-state index contributed by atoms with van der Waals surface area (Å²) in [4.78, 5) is 30.2. The fourth-order valence-electron chi connectivity index (χ4n) is 3.32. The predicted octanol–water partition coefficient (Wildman–Crippen LogP) is 2.31. The number of nitrogens with zero attached hydrogens (tertiary/aromatic N) is 3. The third-order valence-electron chi connectivity index (χ3n) is 4.98. The molecule has 0 amide bonds. The lowest BCUT2D eigenvalue weighted by atomic mass is 10.1. The number of aliphatic hydroxyl groups is 1. The van der Waals surface area contributed by atoms with Crippen molar-refractivity contribution in [3.63, 3.8) is 0 Å². The van der Waals surface area contributed by atoms with Gasteiger partial charge in [-0.1, -0.05) is 6.07 Å². The van der Waals surface area contributed by atoms with Crippen LogP contribution in [0, 0.1) is 13.8 Å². The largest absolute Gasteiger partial charge is 0.395 e. The molecule has 136 valence electrons. The molecule has 6 nitrogen and oxygen atoms in total. The van der Waals surface area contributed by atoms with E-state index in [4.69, 9.17) is 5.11 Å². The molecule has 0 saturated heterocycles. The van der Waals surface area contributed by atoms with Gasteiger partial charge >= 0.3 is 0 Å². The van der Waals surface area contributed by atoms with E-state index in [1.54, 1.807) is 29.1 Å². The van der Waals surface area contributed by atoms with Crippen molar-refractivity contribution in [2.75, 3.05) is 6.61 Å². The number of fused-ring (bicyclic) bond motifs is 3. The van der Waals surface area contributed by atoms with Gasteiger partial charge in [-0.25, -0.2) is 0 Å². The predicted molar refractivity (Wildman–Crippen MR) is 106 cm³/mol. The Morgan fingerprint density at radius 1 is 0.963 bits per heavy atom. The summed E-state index contributed by atoms with van der Waals surface area (Å²) in [6.07, 6.45) is 4.81. The Morgan fingerprint density at radius 2 is 1.78 bits per heavy atom. The number of aryl methyl sites for hydroxylation is 2. The van der Waals surface area contributed by atoms with Crippen molar-refractivity contribution < 1.29 is 5.11 Å². The van der Waals surface area contributed by atoms with E-state index in [-0.39, 0.29) is 24.3 Å². The van der Waals surface area contributed by atoms with Crippen molar-refractivity contribution in [3.8, 4) is 5.69 Å². The van der Waals surface area contributed by atoms with Crippen LogP contribution in [0.4, 0.5) is 0 Å². The summed E-state index contributed by atoms with van der Waals surface area (Å²) in [5, 5.41) is 10.5. The third kappa shape index (κ3) is 2.74. The van der Waals surface area contributed by atoms with E-state index in [0.717, 1.165) is 16.8 Å². The van der Waals surface area contributed by atoms with Crippen LogP contribution in [-0.2, 0) is 6.54 Å². The van der Waals surface area contributed by atoms with Gasteiger partial charge in [-0.2, -0.15) is 0 Å². The minimum absolute atomic E-state index is 0.133. The van der Waals surface area contributed by atoms with Gasteiger partial charge in [0.15, 0.2) is 0 Å². The van der Waals surface area contributed by atoms with E-state index in [1.165, 1.54) is 10.8 Å². The molecule has 1 N–H and O–H groups in total. The van der Waals surface area contributed by atoms with Crippen LogP contribution < -0.4 is 11.1 Å². The fraction of sp³-hybridized carbons (Fsp3) is 0.190. The Bertz CT molecular complexity index is 1300. The summed E-state index contributed by atoms with van der Waals surface area (Å²) >= 11 is 0. The molecule has 0 unspecified atom stereocenters. The number of aromatic nitrogens is 3. The first-order valence-electron chi connectivity index (χ1n) is 8.73. The number of pyridine rings is 3. The van der Waals surface area contributed by atoms with Crippen LogP contribution in [0.1, 0.15) is 11.1 Å². The summed E-state index contributed by atoms with van der Waals surface area (Å²) in [5.41, 5.74) is 3.10. The average Bonchev–Trinajstić information content (AvgIpc) is 2.66. The lowest BCUT2D eigenvalue weighted by Gasteiger charge is -2.11. The van der Waals surface area contributed by atoms with E-state index in [9.17, 15) is 9.59 Å². The van der Waals surface area contributed by atoms with Crippen LogP contribution in [0.5, 0.6) is 0 Å². The first-order chi connectivity index (χ1) is 13.0. The molecule has 0 radical (unpaired) electrons. The van der Waals surface area contributed by atoms with Crippen LogP contribution in [-0.4, -0.2) is 25.8 Å². The number of benzene rings is 1. The van der Waals surface area contributed by atoms with E-state index in [1.807, 2.05) is 32.0 Å². The molecular weight excluding hydrogens is 342 g/mol. The zero-order valence-corrected chi connectivity index (χ0v) is 15.1. The molecular formula is C21H19N3O3. The first kappa shape index (κ1) is 17.2. The molecule has 0 fully saturated rings. The molecule has 0 aliphatic rings. The van der Waals surface area contributed by atoms with Crippen LogP contribution >= 0.6 is 0 Å². The number of hydrogen-bond donors (Lipinski definition) is 1. The molecule has 0 spiro atoms. The first-order valence-corrected chi connectivity index (χ1v) is 8.73. The quantitative estimate of drug-likeness (QED) is 0.568. The normalized spacial score (nSPS) is 11.4. The van der Waals surface area contributed by atoms with Gasteiger partial charge in [0, 0.05) is 36.2 Å². The lowest BCUT2D eigenvalue weighted by molar-refractivity contribution is 0.274. The molecule has 0 bridgehead atoms. The summed E-state index contributed by atoms with van der Waals surface area (Å²) in [7, 11) is 0. The Morgan fingerprint density at radius 3 is 2.52 bits per heavy atom. The molecule has 6 heteroatoms. The van der Waals surface area contributed by atoms with Crippen molar-refractivity contribution >= 4 is 21.7 Å². The van der Waals surface area contributed by atoms with Gasteiger partial charge < -0.3 is 9.67 Å². The molecule has 0 aliphatic heterocycles. The van der Waals surface area contributed by atoms with Gasteiger partial charge in [0.1, 0.15) is 0 Å². The lowest BCUT2D eigenvalue weighted by Crippen LogP contribution is -2.23. The van der Waals surface area contributed by atoms with Gasteiger partial charge in [-0.05, 0) is 49.2 Å². The molecule has 27 heavy (non-hydrogen) atoms. The minimum atomic E-state index is -0.267. The summed E-state index contributed by atoms with van der Waals surface area (Å²) in [6.45, 7) is 4.10. The number of hydrogen-bond acceptors (Lipinski definition) is 4. The second-order valence-electron chi connectivity index (χ2n) is 6.64. The molecule has 0 aliphatic carbocycles. The smallest absolute Gasteiger partial charge is 0.265 e. The second kappa shape index (κ2) is 6.48. The van der Waals surface area contributed by atoms with Crippen LogP contribution in [0.3, 0.4) is 0 Å². The summed E-state index contributed by atoms with van der Waals surface area (Å²) in [6, 6.07) is 9.38.